The summed E-state index contributed by atoms with van der Waals surface area (Å²) in [4.78, 5) is 18.3. The maximum atomic E-state index is 11.7. The van der Waals surface area contributed by atoms with E-state index >= 15 is 0 Å². The molecule has 0 aliphatic carbocycles. The van der Waals surface area contributed by atoms with Crippen LogP contribution in [-0.4, -0.2) is 62.2 Å². The molecule has 0 aromatic heterocycles. The topological polar surface area (TPSA) is 66.0 Å². The van der Waals surface area contributed by atoms with Gasteiger partial charge in [-0.2, -0.15) is 0 Å². The molecular formula is C19H37IN4O2. The van der Waals surface area contributed by atoms with Gasteiger partial charge in [-0.15, -0.1) is 24.0 Å². The second-order valence-corrected chi connectivity index (χ2v) is 8.43. The summed E-state index contributed by atoms with van der Waals surface area (Å²) in [5.41, 5.74) is 0.138. The standard InChI is InChI=1S/C19H36N4O2.HI/c1-6-20-18(22-15-9-10-16(24)23(5)13-15)21-12-14-8-7-11-25-17(14)19(2,3)4;/h14-15,17H,6-13H2,1-5H3,(H2,20,21,22);1H. The number of hydrogen-bond donors (Lipinski definition) is 2. The van der Waals surface area contributed by atoms with Crippen molar-refractivity contribution in [2.45, 2.75) is 65.5 Å². The van der Waals surface area contributed by atoms with Crippen LogP contribution in [0.15, 0.2) is 4.99 Å². The van der Waals surface area contributed by atoms with Crippen LogP contribution in [0.3, 0.4) is 0 Å². The molecule has 2 aliphatic rings. The molecule has 2 aliphatic heterocycles. The number of amides is 1. The van der Waals surface area contributed by atoms with Crippen molar-refractivity contribution in [3.8, 4) is 0 Å². The van der Waals surface area contributed by atoms with Gasteiger partial charge in [-0.05, 0) is 31.6 Å². The van der Waals surface area contributed by atoms with Crippen LogP contribution >= 0.6 is 24.0 Å². The number of aliphatic imine (C=N–C) groups is 1. The molecule has 2 heterocycles. The second-order valence-electron chi connectivity index (χ2n) is 8.43. The highest BCUT2D eigenvalue weighted by atomic mass is 127. The molecule has 1 amide bonds. The fraction of sp³-hybridized carbons (Fsp3) is 0.895. The maximum Gasteiger partial charge on any atom is 0.222 e. The third-order valence-corrected chi connectivity index (χ3v) is 5.09. The van der Waals surface area contributed by atoms with E-state index in [1.54, 1.807) is 4.90 Å². The minimum absolute atomic E-state index is 0. The molecular weight excluding hydrogens is 443 g/mol. The van der Waals surface area contributed by atoms with Gasteiger partial charge in [0.05, 0.1) is 6.10 Å². The van der Waals surface area contributed by atoms with E-state index in [4.69, 9.17) is 9.73 Å². The fourth-order valence-electron chi connectivity index (χ4n) is 3.84. The minimum Gasteiger partial charge on any atom is -0.377 e. The molecule has 2 saturated heterocycles. The molecule has 6 nitrogen and oxygen atoms in total. The van der Waals surface area contributed by atoms with Crippen molar-refractivity contribution in [1.82, 2.24) is 15.5 Å². The Morgan fingerprint density at radius 3 is 2.69 bits per heavy atom. The molecule has 152 valence electrons. The molecule has 0 spiro atoms. The Morgan fingerprint density at radius 1 is 1.35 bits per heavy atom. The summed E-state index contributed by atoms with van der Waals surface area (Å²) in [6.07, 6.45) is 4.02. The van der Waals surface area contributed by atoms with E-state index in [0.29, 0.717) is 12.3 Å². The Labute approximate surface area is 175 Å². The number of carbonyl (C=O) groups is 1. The lowest BCUT2D eigenvalue weighted by molar-refractivity contribution is -0.132. The highest BCUT2D eigenvalue weighted by Gasteiger charge is 2.35. The average Bonchev–Trinajstić information content (AvgIpc) is 2.55. The average molecular weight is 480 g/mol. The molecule has 0 aromatic carbocycles. The fourth-order valence-corrected chi connectivity index (χ4v) is 3.84. The first-order valence-corrected chi connectivity index (χ1v) is 9.71. The number of halogens is 1. The van der Waals surface area contributed by atoms with Crippen LogP contribution in [0.2, 0.25) is 0 Å². The number of hydrogen-bond acceptors (Lipinski definition) is 3. The number of guanidine groups is 1. The SMILES string of the molecule is CCNC(=NCC1CCCOC1C(C)(C)C)NC1CCC(=O)N(C)C1.I. The number of nitrogens with one attached hydrogen (secondary N) is 2. The van der Waals surface area contributed by atoms with E-state index in [0.717, 1.165) is 45.0 Å². The van der Waals surface area contributed by atoms with Gasteiger partial charge in [0.1, 0.15) is 0 Å². The van der Waals surface area contributed by atoms with E-state index in [-0.39, 0.29) is 47.4 Å². The van der Waals surface area contributed by atoms with Crippen molar-refractivity contribution in [2.24, 2.45) is 16.3 Å². The molecule has 2 fully saturated rings. The molecule has 0 radical (unpaired) electrons. The number of nitrogens with zero attached hydrogens (tertiary/aromatic N) is 2. The molecule has 0 bridgehead atoms. The molecule has 3 atom stereocenters. The second kappa shape index (κ2) is 10.7. The third kappa shape index (κ3) is 6.87. The molecule has 2 N–H and O–H groups in total. The van der Waals surface area contributed by atoms with E-state index in [2.05, 4.69) is 38.3 Å². The van der Waals surface area contributed by atoms with E-state index < -0.39 is 0 Å². The summed E-state index contributed by atoms with van der Waals surface area (Å²) < 4.78 is 6.07. The summed E-state index contributed by atoms with van der Waals surface area (Å²) >= 11 is 0. The van der Waals surface area contributed by atoms with E-state index in [1.807, 2.05) is 7.05 Å². The number of carbonyl (C=O) groups excluding carboxylic acids is 1. The highest BCUT2D eigenvalue weighted by Crippen LogP contribution is 2.34. The number of likely N-dealkylation sites (tertiary alicyclic amines) is 1. The molecule has 3 unspecified atom stereocenters. The van der Waals surface area contributed by atoms with Crippen LogP contribution in [0.5, 0.6) is 0 Å². The predicted molar refractivity (Wildman–Crippen MR) is 117 cm³/mol. The Balaban J connectivity index is 0.00000338. The largest absolute Gasteiger partial charge is 0.377 e. The monoisotopic (exact) mass is 480 g/mol. The number of ether oxygens (including phenoxy) is 1. The van der Waals surface area contributed by atoms with Gasteiger partial charge in [-0.1, -0.05) is 20.8 Å². The zero-order valence-electron chi connectivity index (χ0n) is 17.0. The summed E-state index contributed by atoms with van der Waals surface area (Å²) in [7, 11) is 1.87. The lowest BCUT2D eigenvalue weighted by atomic mass is 9.78. The Kier molecular flexibility index (Phi) is 9.64. The number of rotatable bonds is 4. The van der Waals surface area contributed by atoms with Gasteiger partial charge in [-0.3, -0.25) is 9.79 Å². The van der Waals surface area contributed by atoms with Crippen molar-refractivity contribution < 1.29 is 9.53 Å². The normalized spacial score (nSPS) is 27.7. The quantitative estimate of drug-likeness (QED) is 0.369. The molecule has 0 saturated carbocycles. The summed E-state index contributed by atoms with van der Waals surface area (Å²) in [6.45, 7) is 12.0. The van der Waals surface area contributed by atoms with Crippen molar-refractivity contribution in [2.75, 3.05) is 33.3 Å². The van der Waals surface area contributed by atoms with Gasteiger partial charge >= 0.3 is 0 Å². The van der Waals surface area contributed by atoms with Crippen LogP contribution in [-0.2, 0) is 9.53 Å². The molecule has 26 heavy (non-hydrogen) atoms. The first kappa shape index (κ1) is 23.5. The number of piperidine rings is 1. The first-order valence-electron chi connectivity index (χ1n) is 9.71. The van der Waals surface area contributed by atoms with Crippen LogP contribution in [0, 0.1) is 11.3 Å². The Bertz CT molecular complexity index is 479. The predicted octanol–water partition coefficient (Wildman–Crippen LogP) is 2.62. The van der Waals surface area contributed by atoms with Crippen LogP contribution < -0.4 is 10.6 Å². The summed E-state index contributed by atoms with van der Waals surface area (Å²) in [6, 6.07) is 0.265. The van der Waals surface area contributed by atoms with E-state index in [9.17, 15) is 4.79 Å². The zero-order valence-corrected chi connectivity index (χ0v) is 19.3. The Morgan fingerprint density at radius 2 is 2.08 bits per heavy atom. The molecule has 7 heteroatoms. The van der Waals surface area contributed by atoms with Crippen molar-refractivity contribution in [1.29, 1.82) is 0 Å². The lowest BCUT2D eigenvalue weighted by Gasteiger charge is -2.39. The lowest BCUT2D eigenvalue weighted by Crippen LogP contribution is -2.52. The zero-order chi connectivity index (χ0) is 18.4. The van der Waals surface area contributed by atoms with Crippen molar-refractivity contribution in [3.63, 3.8) is 0 Å². The van der Waals surface area contributed by atoms with Gasteiger partial charge < -0.3 is 20.3 Å². The minimum atomic E-state index is 0. The summed E-state index contributed by atoms with van der Waals surface area (Å²) in [5.74, 6) is 1.54. The molecule has 2 rings (SSSR count). The number of likely N-dealkylation sites (N-methyl/N-ethyl adjacent to an activating group) is 1. The van der Waals surface area contributed by atoms with E-state index in [1.165, 1.54) is 6.42 Å². The van der Waals surface area contributed by atoms with Gasteiger partial charge in [0.2, 0.25) is 5.91 Å². The van der Waals surface area contributed by atoms with Crippen LogP contribution in [0.4, 0.5) is 0 Å². The summed E-state index contributed by atoms with van der Waals surface area (Å²) in [5, 5.41) is 6.85. The van der Waals surface area contributed by atoms with Crippen LogP contribution in [0.25, 0.3) is 0 Å². The highest BCUT2D eigenvalue weighted by molar-refractivity contribution is 14.0. The van der Waals surface area contributed by atoms with Gasteiger partial charge in [0.25, 0.3) is 0 Å². The van der Waals surface area contributed by atoms with Crippen LogP contribution in [0.1, 0.15) is 53.4 Å². The smallest absolute Gasteiger partial charge is 0.222 e. The van der Waals surface area contributed by atoms with Gasteiger partial charge in [-0.25, -0.2) is 0 Å². The maximum absolute atomic E-state index is 11.7. The van der Waals surface area contributed by atoms with Crippen molar-refractivity contribution >= 4 is 35.8 Å². The van der Waals surface area contributed by atoms with Gasteiger partial charge in [0.15, 0.2) is 5.96 Å². The third-order valence-electron chi connectivity index (χ3n) is 5.09. The van der Waals surface area contributed by atoms with Crippen molar-refractivity contribution in [3.05, 3.63) is 0 Å². The first-order chi connectivity index (χ1) is 11.8. The van der Waals surface area contributed by atoms with Gasteiger partial charge in [0, 0.05) is 51.7 Å². The Hall–Kier alpha value is -0.570. The molecule has 0 aromatic rings.